The van der Waals surface area contributed by atoms with E-state index in [9.17, 15) is 8.42 Å². The number of nitrogens with zero attached hydrogens (tertiary/aromatic N) is 2. The minimum Gasteiger partial charge on any atom is -0.493 e. The van der Waals surface area contributed by atoms with Gasteiger partial charge in [-0.25, -0.2) is 4.72 Å². The van der Waals surface area contributed by atoms with Gasteiger partial charge in [0.1, 0.15) is 0 Å². The molecule has 1 aliphatic rings. The molecule has 1 heterocycles. The van der Waals surface area contributed by atoms with Gasteiger partial charge in [-0.15, -0.1) is 0 Å². The zero-order chi connectivity index (χ0) is 18.4. The Labute approximate surface area is 151 Å². The third-order valence-electron chi connectivity index (χ3n) is 4.14. The predicted octanol–water partition coefficient (Wildman–Crippen LogP) is 1.31. The maximum absolute atomic E-state index is 11.8. The lowest BCUT2D eigenvalue weighted by atomic mass is 10.1. The first-order valence-corrected chi connectivity index (χ1v) is 10.0. The third-order valence-corrected chi connectivity index (χ3v) is 5.70. The van der Waals surface area contributed by atoms with Crippen LogP contribution in [0.25, 0.3) is 0 Å². The Morgan fingerprint density at radius 3 is 2.40 bits per heavy atom. The minimum absolute atomic E-state index is 0.453. The summed E-state index contributed by atoms with van der Waals surface area (Å²) < 4.78 is 38.7. The first kappa shape index (κ1) is 20.0. The summed E-state index contributed by atoms with van der Waals surface area (Å²) in [4.78, 5) is 2.24. The smallest absolute Gasteiger partial charge is 0.279 e. The lowest BCUT2D eigenvalue weighted by Gasteiger charge is -2.33. The number of methoxy groups -OCH3 is 1. The van der Waals surface area contributed by atoms with Gasteiger partial charge in [0.15, 0.2) is 11.5 Å². The van der Waals surface area contributed by atoms with Crippen molar-refractivity contribution in [2.75, 3.05) is 46.9 Å². The molecule has 0 aromatic heterocycles. The highest BCUT2D eigenvalue weighted by Gasteiger charge is 2.25. The van der Waals surface area contributed by atoms with E-state index in [1.807, 2.05) is 18.2 Å². The van der Waals surface area contributed by atoms with E-state index in [2.05, 4.69) is 23.5 Å². The van der Waals surface area contributed by atoms with E-state index in [1.165, 1.54) is 11.4 Å². The molecule has 1 fully saturated rings. The molecule has 1 aromatic rings. The van der Waals surface area contributed by atoms with E-state index in [0.717, 1.165) is 23.6 Å². The second-order valence-corrected chi connectivity index (χ2v) is 8.45. The molecule has 25 heavy (non-hydrogen) atoms. The van der Waals surface area contributed by atoms with E-state index in [4.69, 9.17) is 9.47 Å². The first-order chi connectivity index (χ1) is 11.9. The van der Waals surface area contributed by atoms with Crippen LogP contribution in [0.1, 0.15) is 19.4 Å². The molecule has 2 rings (SSSR count). The monoisotopic (exact) mass is 371 g/mol. The summed E-state index contributed by atoms with van der Waals surface area (Å²) >= 11 is 0. The number of piperazine rings is 1. The lowest BCUT2D eigenvalue weighted by Crippen LogP contribution is -2.51. The van der Waals surface area contributed by atoms with Gasteiger partial charge in [0.05, 0.1) is 13.7 Å². The van der Waals surface area contributed by atoms with Crippen molar-refractivity contribution in [3.05, 3.63) is 23.8 Å². The molecule has 0 aliphatic carbocycles. The van der Waals surface area contributed by atoms with Crippen LogP contribution in [0.4, 0.5) is 0 Å². The highest BCUT2D eigenvalue weighted by Crippen LogP contribution is 2.29. The summed E-state index contributed by atoms with van der Waals surface area (Å²) in [6, 6.07) is 5.97. The van der Waals surface area contributed by atoms with Gasteiger partial charge in [0.25, 0.3) is 10.2 Å². The van der Waals surface area contributed by atoms with Gasteiger partial charge in [0, 0.05) is 39.8 Å². The van der Waals surface area contributed by atoms with Crippen LogP contribution in [0.3, 0.4) is 0 Å². The van der Waals surface area contributed by atoms with Crippen molar-refractivity contribution in [3.8, 4) is 11.5 Å². The van der Waals surface area contributed by atoms with Gasteiger partial charge in [-0.1, -0.05) is 19.9 Å². The van der Waals surface area contributed by atoms with Gasteiger partial charge in [-0.05, 0) is 23.6 Å². The number of hydrogen-bond donors (Lipinski definition) is 1. The van der Waals surface area contributed by atoms with Crippen LogP contribution >= 0.6 is 0 Å². The van der Waals surface area contributed by atoms with E-state index in [0.29, 0.717) is 38.7 Å². The second kappa shape index (κ2) is 8.84. The molecular formula is C17H29N3O4S. The van der Waals surface area contributed by atoms with Crippen molar-refractivity contribution >= 4 is 10.2 Å². The second-order valence-electron chi connectivity index (χ2n) is 6.57. The largest absolute Gasteiger partial charge is 0.493 e. The number of ether oxygens (including phenoxy) is 2. The summed E-state index contributed by atoms with van der Waals surface area (Å²) in [5, 5.41) is 0. The number of nitrogens with one attached hydrogen (secondary N) is 1. The van der Waals surface area contributed by atoms with Gasteiger partial charge < -0.3 is 9.47 Å². The van der Waals surface area contributed by atoms with Crippen LogP contribution in [-0.2, 0) is 16.8 Å². The number of benzene rings is 1. The van der Waals surface area contributed by atoms with Crippen molar-refractivity contribution in [2.24, 2.45) is 5.92 Å². The fourth-order valence-electron chi connectivity index (χ4n) is 2.70. The van der Waals surface area contributed by atoms with Gasteiger partial charge in [-0.3, -0.25) is 4.90 Å². The maximum Gasteiger partial charge on any atom is 0.279 e. The number of rotatable bonds is 8. The molecule has 0 bridgehead atoms. The van der Waals surface area contributed by atoms with Crippen LogP contribution in [-0.4, -0.2) is 64.6 Å². The molecule has 1 aliphatic heterocycles. The fraction of sp³-hybridized carbons (Fsp3) is 0.647. The van der Waals surface area contributed by atoms with Crippen molar-refractivity contribution in [3.63, 3.8) is 0 Å². The van der Waals surface area contributed by atoms with Crippen LogP contribution in [0, 0.1) is 5.92 Å². The number of hydrogen-bond acceptors (Lipinski definition) is 5. The standard InChI is InChI=1S/C17H29N3O4S/c1-14(2)13-24-16-6-5-15(11-17(16)23-4)12-19-7-9-20(10-8-19)25(21,22)18-3/h5-6,11,14,18H,7-10,12-13H2,1-4H3. The molecule has 0 spiro atoms. The summed E-state index contributed by atoms with van der Waals surface area (Å²) in [6.45, 7) is 8.02. The SMILES string of the molecule is CNS(=O)(=O)N1CCN(Cc2ccc(OCC(C)C)c(OC)c2)CC1. The molecule has 142 valence electrons. The molecule has 1 N–H and O–H groups in total. The quantitative estimate of drug-likeness (QED) is 0.746. The summed E-state index contributed by atoms with van der Waals surface area (Å²) in [5.74, 6) is 1.94. The average Bonchev–Trinajstić information content (AvgIpc) is 2.60. The van der Waals surface area contributed by atoms with Gasteiger partial charge in [-0.2, -0.15) is 12.7 Å². The van der Waals surface area contributed by atoms with Crippen LogP contribution in [0.15, 0.2) is 18.2 Å². The summed E-state index contributed by atoms with van der Waals surface area (Å²) in [5.41, 5.74) is 1.12. The molecule has 1 saturated heterocycles. The first-order valence-electron chi connectivity index (χ1n) is 8.56. The Morgan fingerprint density at radius 1 is 1.16 bits per heavy atom. The van der Waals surface area contributed by atoms with Crippen molar-refractivity contribution in [1.82, 2.24) is 13.9 Å². The van der Waals surface area contributed by atoms with Crippen LogP contribution in [0.2, 0.25) is 0 Å². The predicted molar refractivity (Wildman–Crippen MR) is 98.2 cm³/mol. The summed E-state index contributed by atoms with van der Waals surface area (Å²) in [7, 11) is -0.244. The van der Waals surface area contributed by atoms with Crippen molar-refractivity contribution in [2.45, 2.75) is 20.4 Å². The zero-order valence-electron chi connectivity index (χ0n) is 15.5. The maximum atomic E-state index is 11.8. The molecule has 0 saturated carbocycles. The van der Waals surface area contributed by atoms with Gasteiger partial charge in [0.2, 0.25) is 0 Å². The fourth-order valence-corrected chi connectivity index (χ4v) is 3.60. The van der Waals surface area contributed by atoms with E-state index >= 15 is 0 Å². The molecule has 7 nitrogen and oxygen atoms in total. The molecular weight excluding hydrogens is 342 g/mol. The third kappa shape index (κ3) is 5.57. The Morgan fingerprint density at radius 2 is 1.84 bits per heavy atom. The molecule has 0 atom stereocenters. The Hall–Kier alpha value is -1.35. The minimum atomic E-state index is -3.33. The Balaban J connectivity index is 1.95. The molecule has 1 aromatic carbocycles. The van der Waals surface area contributed by atoms with E-state index < -0.39 is 10.2 Å². The van der Waals surface area contributed by atoms with E-state index in [1.54, 1.807) is 7.11 Å². The summed E-state index contributed by atoms with van der Waals surface area (Å²) in [6.07, 6.45) is 0. The Kier molecular flexibility index (Phi) is 7.06. The lowest BCUT2D eigenvalue weighted by molar-refractivity contribution is 0.180. The zero-order valence-corrected chi connectivity index (χ0v) is 16.3. The van der Waals surface area contributed by atoms with E-state index in [-0.39, 0.29) is 0 Å². The molecule has 0 unspecified atom stereocenters. The molecule has 0 amide bonds. The van der Waals surface area contributed by atoms with Gasteiger partial charge >= 0.3 is 0 Å². The molecule has 0 radical (unpaired) electrons. The highest BCUT2D eigenvalue weighted by atomic mass is 32.2. The average molecular weight is 372 g/mol. The van der Waals surface area contributed by atoms with Crippen LogP contribution in [0.5, 0.6) is 11.5 Å². The topological polar surface area (TPSA) is 71.1 Å². The highest BCUT2D eigenvalue weighted by molar-refractivity contribution is 7.87. The van der Waals surface area contributed by atoms with Crippen LogP contribution < -0.4 is 14.2 Å². The molecule has 8 heteroatoms. The van der Waals surface area contributed by atoms with Crippen molar-refractivity contribution in [1.29, 1.82) is 0 Å². The normalized spacial score (nSPS) is 17.0. The Bertz CT molecular complexity index is 656. The van der Waals surface area contributed by atoms with Crippen molar-refractivity contribution < 1.29 is 17.9 Å².